The average Bonchev–Trinajstić information content (AvgIpc) is 2.87. The van der Waals surface area contributed by atoms with Crippen molar-refractivity contribution >= 4 is 0 Å². The lowest BCUT2D eigenvalue weighted by atomic mass is 9.91. The van der Waals surface area contributed by atoms with Gasteiger partial charge in [0.15, 0.2) is 0 Å². The minimum Gasteiger partial charge on any atom is -0.0625 e. The van der Waals surface area contributed by atoms with Gasteiger partial charge < -0.3 is 0 Å². The molecule has 80 valence electrons. The van der Waals surface area contributed by atoms with Crippen LogP contribution in [0.2, 0.25) is 0 Å². The second-order valence-electron chi connectivity index (χ2n) is 5.78. The Hall–Kier alpha value is -0.780. The molecule has 0 N–H and O–H groups in total. The Balaban J connectivity index is 1.87. The molecule has 2 aliphatic carbocycles. The summed E-state index contributed by atoms with van der Waals surface area (Å²) in [5, 5.41) is 0. The van der Waals surface area contributed by atoms with E-state index < -0.39 is 0 Å². The molecule has 3 atom stereocenters. The van der Waals surface area contributed by atoms with Crippen molar-refractivity contribution in [3.05, 3.63) is 35.9 Å². The first kappa shape index (κ1) is 9.45. The number of fused-ring (bicyclic) bond motifs is 1. The summed E-state index contributed by atoms with van der Waals surface area (Å²) in [4.78, 5) is 0. The molecule has 2 aliphatic rings. The molecule has 0 aliphatic heterocycles. The second kappa shape index (κ2) is 3.10. The highest BCUT2D eigenvalue weighted by Crippen LogP contribution is 2.68. The van der Waals surface area contributed by atoms with Gasteiger partial charge in [0.2, 0.25) is 0 Å². The van der Waals surface area contributed by atoms with Gasteiger partial charge in [-0.15, -0.1) is 0 Å². The van der Waals surface area contributed by atoms with Gasteiger partial charge in [0.1, 0.15) is 0 Å². The van der Waals surface area contributed by atoms with Gasteiger partial charge in [0.05, 0.1) is 0 Å². The highest BCUT2D eigenvalue weighted by atomic mass is 14.7. The molecule has 2 fully saturated rings. The summed E-state index contributed by atoms with van der Waals surface area (Å²) in [6, 6.07) is 11.2. The Morgan fingerprint density at radius 1 is 1.20 bits per heavy atom. The third kappa shape index (κ3) is 1.27. The van der Waals surface area contributed by atoms with Gasteiger partial charge in [-0.25, -0.2) is 0 Å². The molecule has 0 radical (unpaired) electrons. The van der Waals surface area contributed by atoms with Crippen molar-refractivity contribution in [2.24, 2.45) is 17.8 Å². The monoisotopic (exact) mass is 200 g/mol. The van der Waals surface area contributed by atoms with Crippen molar-refractivity contribution in [2.45, 2.75) is 38.5 Å². The van der Waals surface area contributed by atoms with Gasteiger partial charge in [-0.3, -0.25) is 0 Å². The standard InChI is InChI=1S/C15H20/c1-11(2)13-8-9-15(10-14(13)15)12-6-4-3-5-7-12/h3-7,11,13-14H,8-10H2,1-2H3/t13-,14?,15+/m0/s1. The van der Waals surface area contributed by atoms with E-state index in [-0.39, 0.29) is 0 Å². The smallest absolute Gasteiger partial charge is 0.00125 e. The predicted octanol–water partition coefficient (Wildman–Crippen LogP) is 4.01. The molecule has 0 heterocycles. The Kier molecular flexibility index (Phi) is 1.95. The lowest BCUT2D eigenvalue weighted by Crippen LogP contribution is -2.08. The molecule has 0 nitrogen and oxygen atoms in total. The lowest BCUT2D eigenvalue weighted by molar-refractivity contribution is 0.352. The van der Waals surface area contributed by atoms with E-state index in [1.54, 1.807) is 5.56 Å². The number of hydrogen-bond acceptors (Lipinski definition) is 0. The summed E-state index contributed by atoms with van der Waals surface area (Å²) in [6.45, 7) is 4.79. The van der Waals surface area contributed by atoms with Crippen LogP contribution in [0.25, 0.3) is 0 Å². The summed E-state index contributed by atoms with van der Waals surface area (Å²) >= 11 is 0. The highest BCUT2D eigenvalue weighted by Gasteiger charge is 2.62. The van der Waals surface area contributed by atoms with Crippen LogP contribution in [0.15, 0.2) is 30.3 Å². The van der Waals surface area contributed by atoms with Crippen molar-refractivity contribution in [1.82, 2.24) is 0 Å². The van der Waals surface area contributed by atoms with Crippen molar-refractivity contribution in [3.8, 4) is 0 Å². The molecule has 0 aromatic heterocycles. The van der Waals surface area contributed by atoms with Gasteiger partial charge in [-0.05, 0) is 48.0 Å². The normalized spacial score (nSPS) is 38.1. The molecule has 0 heteroatoms. The fraction of sp³-hybridized carbons (Fsp3) is 0.600. The van der Waals surface area contributed by atoms with Crippen LogP contribution in [0.1, 0.15) is 38.7 Å². The van der Waals surface area contributed by atoms with Crippen LogP contribution in [-0.2, 0) is 5.41 Å². The van der Waals surface area contributed by atoms with Gasteiger partial charge in [-0.2, -0.15) is 0 Å². The van der Waals surface area contributed by atoms with Crippen LogP contribution in [0, 0.1) is 17.8 Å². The molecule has 2 saturated carbocycles. The summed E-state index contributed by atoms with van der Waals surface area (Å²) < 4.78 is 0. The summed E-state index contributed by atoms with van der Waals surface area (Å²) in [5.41, 5.74) is 2.22. The zero-order valence-corrected chi connectivity index (χ0v) is 9.74. The van der Waals surface area contributed by atoms with Crippen molar-refractivity contribution in [3.63, 3.8) is 0 Å². The largest absolute Gasteiger partial charge is 0.0625 e. The van der Waals surface area contributed by atoms with Crippen molar-refractivity contribution in [1.29, 1.82) is 0 Å². The van der Waals surface area contributed by atoms with Crippen LogP contribution in [0.5, 0.6) is 0 Å². The lowest BCUT2D eigenvalue weighted by Gasteiger charge is -2.14. The molecule has 3 rings (SSSR count). The molecular weight excluding hydrogens is 180 g/mol. The predicted molar refractivity (Wildman–Crippen MR) is 63.8 cm³/mol. The minimum absolute atomic E-state index is 0.607. The number of rotatable bonds is 2. The molecule has 15 heavy (non-hydrogen) atoms. The quantitative estimate of drug-likeness (QED) is 0.676. The summed E-state index contributed by atoms with van der Waals surface area (Å²) in [6.07, 6.45) is 4.35. The van der Waals surface area contributed by atoms with Gasteiger partial charge >= 0.3 is 0 Å². The molecular formula is C15H20. The zero-order valence-electron chi connectivity index (χ0n) is 9.74. The van der Waals surface area contributed by atoms with E-state index in [9.17, 15) is 0 Å². The SMILES string of the molecule is CC(C)[C@@H]1CC[C@]2(c3ccccc3)CC12. The third-order valence-corrected chi connectivity index (χ3v) is 4.78. The maximum Gasteiger partial charge on any atom is -0.00125 e. The van der Waals surface area contributed by atoms with Crippen LogP contribution in [-0.4, -0.2) is 0 Å². The van der Waals surface area contributed by atoms with E-state index >= 15 is 0 Å². The van der Waals surface area contributed by atoms with E-state index in [1.807, 2.05) is 0 Å². The summed E-state index contributed by atoms with van der Waals surface area (Å²) in [7, 11) is 0. The maximum atomic E-state index is 2.39. The Morgan fingerprint density at radius 3 is 2.47 bits per heavy atom. The second-order valence-corrected chi connectivity index (χ2v) is 5.78. The molecule has 1 aromatic rings. The van der Waals surface area contributed by atoms with E-state index in [4.69, 9.17) is 0 Å². The first-order valence-electron chi connectivity index (χ1n) is 6.29. The Morgan fingerprint density at radius 2 is 1.93 bits per heavy atom. The van der Waals surface area contributed by atoms with E-state index in [0.717, 1.165) is 17.8 Å². The van der Waals surface area contributed by atoms with Crippen molar-refractivity contribution in [2.75, 3.05) is 0 Å². The molecule has 1 unspecified atom stereocenters. The van der Waals surface area contributed by atoms with E-state index in [1.165, 1.54) is 19.3 Å². The van der Waals surface area contributed by atoms with E-state index in [2.05, 4.69) is 44.2 Å². The average molecular weight is 200 g/mol. The molecule has 0 amide bonds. The minimum atomic E-state index is 0.607. The Bertz CT molecular complexity index is 352. The number of benzene rings is 1. The van der Waals surface area contributed by atoms with Gasteiger partial charge in [0, 0.05) is 0 Å². The van der Waals surface area contributed by atoms with Crippen LogP contribution in [0.4, 0.5) is 0 Å². The molecule has 0 saturated heterocycles. The van der Waals surface area contributed by atoms with Crippen LogP contribution >= 0.6 is 0 Å². The van der Waals surface area contributed by atoms with Gasteiger partial charge in [-0.1, -0.05) is 44.2 Å². The van der Waals surface area contributed by atoms with E-state index in [0.29, 0.717) is 5.41 Å². The fourth-order valence-corrected chi connectivity index (χ4v) is 3.85. The Labute approximate surface area is 92.7 Å². The van der Waals surface area contributed by atoms with Crippen LogP contribution in [0.3, 0.4) is 0 Å². The first-order chi connectivity index (χ1) is 7.24. The fourth-order valence-electron chi connectivity index (χ4n) is 3.85. The molecule has 0 bridgehead atoms. The molecule has 1 aromatic carbocycles. The first-order valence-corrected chi connectivity index (χ1v) is 6.29. The topological polar surface area (TPSA) is 0 Å². The highest BCUT2D eigenvalue weighted by molar-refractivity contribution is 5.36. The maximum absolute atomic E-state index is 2.39. The third-order valence-electron chi connectivity index (χ3n) is 4.78. The van der Waals surface area contributed by atoms with Gasteiger partial charge in [0.25, 0.3) is 0 Å². The number of hydrogen-bond donors (Lipinski definition) is 0. The summed E-state index contributed by atoms with van der Waals surface area (Å²) in [5.74, 6) is 2.87. The van der Waals surface area contributed by atoms with Crippen molar-refractivity contribution < 1.29 is 0 Å². The van der Waals surface area contributed by atoms with Crippen LogP contribution < -0.4 is 0 Å². The molecule has 0 spiro atoms. The zero-order chi connectivity index (χ0) is 10.5.